The van der Waals surface area contributed by atoms with E-state index in [-0.39, 0.29) is 16.9 Å². The van der Waals surface area contributed by atoms with Gasteiger partial charge in [-0.2, -0.15) is 28.1 Å². The van der Waals surface area contributed by atoms with Crippen LogP contribution in [0.15, 0.2) is 42.6 Å². The summed E-state index contributed by atoms with van der Waals surface area (Å²) in [5.41, 5.74) is -1.23. The molecular weight excluding hydrogens is 409 g/mol. The maximum atomic E-state index is 13.2. The molecule has 2 aromatic heterocycles. The summed E-state index contributed by atoms with van der Waals surface area (Å²) in [6.45, 7) is 1.52. The molecule has 0 spiro atoms. The van der Waals surface area contributed by atoms with Gasteiger partial charge in [-0.15, -0.1) is 5.10 Å². The summed E-state index contributed by atoms with van der Waals surface area (Å²) >= 11 is 5.87. The number of rotatable bonds is 4. The summed E-state index contributed by atoms with van der Waals surface area (Å²) in [6.07, 6.45) is -3.36. The number of nitrogens with zero attached hydrogens (tertiary/aromatic N) is 5. The number of carbonyl (C=O) groups excluding carboxylic acids is 1. The Balaban J connectivity index is 1.90. The predicted molar refractivity (Wildman–Crippen MR) is 96.2 cm³/mol. The highest BCUT2D eigenvalue weighted by molar-refractivity contribution is 6.28. The fraction of sp³-hybridized carbons (Fsp3) is 0.167. The molecule has 0 fully saturated rings. The number of hydrogen-bond donors (Lipinski definition) is 1. The first kappa shape index (κ1) is 20.3. The fourth-order valence-electron chi connectivity index (χ4n) is 2.59. The summed E-state index contributed by atoms with van der Waals surface area (Å²) in [5, 5.41) is 15.2. The monoisotopic (exact) mass is 420 g/mol. The molecule has 0 bridgehead atoms. The highest BCUT2D eigenvalue weighted by Crippen LogP contribution is 2.32. The van der Waals surface area contributed by atoms with Crippen LogP contribution in [0.5, 0.6) is 0 Å². The Hall–Kier alpha value is -3.45. The van der Waals surface area contributed by atoms with Crippen molar-refractivity contribution in [3.63, 3.8) is 0 Å². The molecule has 1 aromatic carbocycles. The lowest BCUT2D eigenvalue weighted by molar-refractivity contribution is -0.137. The summed E-state index contributed by atoms with van der Waals surface area (Å²) in [7, 11) is 0. The van der Waals surface area contributed by atoms with Crippen molar-refractivity contribution in [3.05, 3.63) is 70.4 Å². The van der Waals surface area contributed by atoms with Crippen LogP contribution in [0.4, 0.5) is 13.2 Å². The molecule has 29 heavy (non-hydrogen) atoms. The van der Waals surface area contributed by atoms with Gasteiger partial charge >= 0.3 is 6.18 Å². The number of amides is 1. The lowest BCUT2D eigenvalue weighted by Crippen LogP contribution is -2.30. The molecule has 11 heteroatoms. The van der Waals surface area contributed by atoms with Crippen molar-refractivity contribution >= 4 is 17.5 Å². The third kappa shape index (κ3) is 4.35. The molecule has 1 N–H and O–H groups in total. The van der Waals surface area contributed by atoms with E-state index < -0.39 is 29.3 Å². The number of hydrogen-bond acceptors (Lipinski definition) is 5. The first-order valence-electron chi connectivity index (χ1n) is 8.16. The van der Waals surface area contributed by atoms with Crippen molar-refractivity contribution in [2.75, 3.05) is 0 Å². The smallest absolute Gasteiger partial charge is 0.342 e. The Morgan fingerprint density at radius 3 is 2.62 bits per heavy atom. The Morgan fingerprint density at radius 2 is 2.00 bits per heavy atom. The van der Waals surface area contributed by atoms with Crippen LogP contribution in [0.1, 0.15) is 40.3 Å². The molecule has 148 valence electrons. The van der Waals surface area contributed by atoms with Gasteiger partial charge in [-0.25, -0.2) is 4.98 Å². The molecule has 7 nitrogen and oxygen atoms in total. The molecule has 0 aliphatic heterocycles. The van der Waals surface area contributed by atoms with Crippen molar-refractivity contribution in [1.82, 2.24) is 25.1 Å². The van der Waals surface area contributed by atoms with Crippen LogP contribution >= 0.6 is 11.6 Å². The van der Waals surface area contributed by atoms with Crippen LogP contribution in [0, 0.1) is 11.3 Å². The number of benzene rings is 1. The van der Waals surface area contributed by atoms with E-state index in [0.717, 1.165) is 12.1 Å². The molecule has 0 aliphatic carbocycles. The Bertz CT molecular complexity index is 1090. The van der Waals surface area contributed by atoms with Crippen molar-refractivity contribution in [3.8, 4) is 11.9 Å². The zero-order valence-corrected chi connectivity index (χ0v) is 15.5. The lowest BCUT2D eigenvalue weighted by atomic mass is 10.1. The maximum absolute atomic E-state index is 13.2. The zero-order valence-electron chi connectivity index (χ0n) is 14.8. The SMILES string of the molecule is CC(NC(=O)c1ccccc1C(F)(F)F)c1nc(Cl)nn1-c1ccc(C#N)cn1. The van der Waals surface area contributed by atoms with E-state index in [1.54, 1.807) is 0 Å². The number of nitriles is 1. The Labute approximate surface area is 167 Å². The van der Waals surface area contributed by atoms with Gasteiger partial charge in [0.1, 0.15) is 6.07 Å². The van der Waals surface area contributed by atoms with E-state index in [1.165, 1.54) is 42.1 Å². The van der Waals surface area contributed by atoms with Gasteiger partial charge in [-0.3, -0.25) is 4.79 Å². The second kappa shape index (κ2) is 7.89. The standard InChI is InChI=1S/C18H12ClF3N6O/c1-10(25-16(29)12-4-2-3-5-13(12)18(20,21)22)15-26-17(19)27-28(15)14-7-6-11(8-23)9-24-14/h2-7,9-10H,1H3,(H,25,29). The minimum absolute atomic E-state index is 0.136. The summed E-state index contributed by atoms with van der Waals surface area (Å²) < 4.78 is 40.7. The van der Waals surface area contributed by atoms with Gasteiger partial charge < -0.3 is 5.32 Å². The molecule has 0 saturated heterocycles. The van der Waals surface area contributed by atoms with Crippen LogP contribution in [0.2, 0.25) is 5.28 Å². The highest BCUT2D eigenvalue weighted by atomic mass is 35.5. The van der Waals surface area contributed by atoms with Gasteiger partial charge in [-0.1, -0.05) is 12.1 Å². The summed E-state index contributed by atoms with van der Waals surface area (Å²) in [5.74, 6) is -0.496. The fourth-order valence-corrected chi connectivity index (χ4v) is 2.75. The van der Waals surface area contributed by atoms with Crippen LogP contribution in [0.25, 0.3) is 5.82 Å². The number of aromatic nitrogens is 4. The molecule has 2 heterocycles. The molecule has 0 aliphatic rings. The van der Waals surface area contributed by atoms with Gasteiger partial charge in [0.2, 0.25) is 5.28 Å². The molecule has 3 rings (SSSR count). The van der Waals surface area contributed by atoms with Gasteiger partial charge in [0.05, 0.1) is 22.7 Å². The van der Waals surface area contributed by atoms with Crippen molar-refractivity contribution in [1.29, 1.82) is 5.26 Å². The quantitative estimate of drug-likeness (QED) is 0.694. The summed E-state index contributed by atoms with van der Waals surface area (Å²) in [4.78, 5) is 20.6. The second-order valence-electron chi connectivity index (χ2n) is 5.91. The Morgan fingerprint density at radius 1 is 1.28 bits per heavy atom. The molecule has 1 amide bonds. The molecule has 0 saturated carbocycles. The number of pyridine rings is 1. The maximum Gasteiger partial charge on any atom is 0.417 e. The molecule has 1 unspecified atom stereocenters. The molecular formula is C18H12ClF3N6O. The highest BCUT2D eigenvalue weighted by Gasteiger charge is 2.35. The predicted octanol–water partition coefficient (Wildman–Crippen LogP) is 3.70. The van der Waals surface area contributed by atoms with Crippen molar-refractivity contribution < 1.29 is 18.0 Å². The number of nitrogens with one attached hydrogen (secondary N) is 1. The van der Waals surface area contributed by atoms with Crippen molar-refractivity contribution in [2.45, 2.75) is 19.1 Å². The number of alkyl halides is 3. The number of halogens is 4. The first-order chi connectivity index (χ1) is 13.7. The summed E-state index contributed by atoms with van der Waals surface area (Å²) in [6, 6.07) is 8.55. The van der Waals surface area contributed by atoms with Crippen LogP contribution in [-0.4, -0.2) is 25.7 Å². The van der Waals surface area contributed by atoms with E-state index in [1.807, 2.05) is 6.07 Å². The normalized spacial score (nSPS) is 12.3. The van der Waals surface area contributed by atoms with E-state index in [0.29, 0.717) is 5.56 Å². The van der Waals surface area contributed by atoms with Crippen molar-refractivity contribution in [2.24, 2.45) is 0 Å². The molecule has 0 radical (unpaired) electrons. The van der Waals surface area contributed by atoms with Gasteiger partial charge in [0.15, 0.2) is 11.6 Å². The second-order valence-corrected chi connectivity index (χ2v) is 6.24. The zero-order chi connectivity index (χ0) is 21.2. The minimum atomic E-state index is -4.67. The van der Waals surface area contributed by atoms with Crippen LogP contribution in [0.3, 0.4) is 0 Å². The van der Waals surface area contributed by atoms with Gasteiger partial charge in [0, 0.05) is 6.20 Å². The average Bonchev–Trinajstić information content (AvgIpc) is 3.09. The lowest BCUT2D eigenvalue weighted by Gasteiger charge is -2.16. The van der Waals surface area contributed by atoms with Gasteiger partial charge in [-0.05, 0) is 42.8 Å². The average molecular weight is 421 g/mol. The minimum Gasteiger partial charge on any atom is -0.342 e. The number of carbonyl (C=O) groups is 1. The van der Waals surface area contributed by atoms with Crippen LogP contribution < -0.4 is 5.32 Å². The molecule has 1 atom stereocenters. The van der Waals surface area contributed by atoms with Crippen LogP contribution in [-0.2, 0) is 6.18 Å². The topological polar surface area (TPSA) is 96.5 Å². The third-order valence-electron chi connectivity index (χ3n) is 3.91. The van der Waals surface area contributed by atoms with E-state index in [2.05, 4.69) is 20.4 Å². The molecule has 3 aromatic rings. The van der Waals surface area contributed by atoms with E-state index >= 15 is 0 Å². The first-order valence-corrected chi connectivity index (χ1v) is 8.54. The van der Waals surface area contributed by atoms with Gasteiger partial charge in [0.25, 0.3) is 5.91 Å². The largest absolute Gasteiger partial charge is 0.417 e. The van der Waals surface area contributed by atoms with E-state index in [9.17, 15) is 18.0 Å². The third-order valence-corrected chi connectivity index (χ3v) is 4.07. The Kier molecular flexibility index (Phi) is 5.52. The van der Waals surface area contributed by atoms with E-state index in [4.69, 9.17) is 16.9 Å².